The van der Waals surface area contributed by atoms with Crippen LogP contribution in [0.4, 0.5) is 0 Å². The highest BCUT2D eigenvalue weighted by Gasteiger charge is 2.53. The number of azo groups is 1. The molecule has 1 aliphatic carbocycles. The van der Waals surface area contributed by atoms with Crippen LogP contribution in [0.25, 0.3) is 0 Å². The lowest BCUT2D eigenvalue weighted by atomic mass is 9.60. The Kier molecular flexibility index (Phi) is 4.50. The van der Waals surface area contributed by atoms with Crippen molar-refractivity contribution in [3.05, 3.63) is 46.7 Å². The average molecular weight is 442 g/mol. The first-order valence-electron chi connectivity index (χ1n) is 10.7. The lowest BCUT2D eigenvalue weighted by Gasteiger charge is -2.48. The lowest BCUT2D eigenvalue weighted by molar-refractivity contribution is -0.119. The van der Waals surface area contributed by atoms with Gasteiger partial charge in [-0.15, -0.1) is 5.11 Å². The molecular formula is C22H27N5O3S. The molecule has 1 aromatic heterocycles. The van der Waals surface area contributed by atoms with Gasteiger partial charge in [-0.3, -0.25) is 9.78 Å². The largest absolute Gasteiger partial charge is 0.342 e. The van der Waals surface area contributed by atoms with Gasteiger partial charge in [-0.25, -0.2) is 8.42 Å². The van der Waals surface area contributed by atoms with Crippen LogP contribution in [0, 0.1) is 17.8 Å². The highest BCUT2D eigenvalue weighted by Crippen LogP contribution is 2.55. The molecule has 0 unspecified atom stereocenters. The molecule has 1 fully saturated rings. The number of Topliss-reactive ketones (excluding diaryl/α,β-unsaturated/α-hetero) is 1. The van der Waals surface area contributed by atoms with Gasteiger partial charge in [0.25, 0.3) is 0 Å². The Bertz CT molecular complexity index is 1150. The maximum absolute atomic E-state index is 13.3. The number of carbonyl (C=O) groups is 1. The molecule has 0 atom stereocenters. The number of carbonyl (C=O) groups excluding carboxylic acids is 1. The minimum Gasteiger partial charge on any atom is -0.342 e. The number of nitrogens with zero attached hydrogens (tertiary/aromatic N) is 4. The number of hydrogen-bond donors (Lipinski definition) is 1. The van der Waals surface area contributed by atoms with Crippen molar-refractivity contribution >= 4 is 15.8 Å². The number of nitrogens with one attached hydrogen (secondary N) is 1. The number of aromatic nitrogens is 1. The number of dihydropyridines is 1. The fourth-order valence-electron chi connectivity index (χ4n) is 5.48. The first kappa shape index (κ1) is 20.5. The summed E-state index contributed by atoms with van der Waals surface area (Å²) >= 11 is 0. The number of allylic oxidation sites excluding steroid dienone is 2. The second-order valence-corrected chi connectivity index (χ2v) is 11.7. The summed E-state index contributed by atoms with van der Waals surface area (Å²) < 4.78 is 27.9. The topological polar surface area (TPSA) is 104 Å². The predicted molar refractivity (Wildman–Crippen MR) is 114 cm³/mol. The van der Waals surface area contributed by atoms with Crippen molar-refractivity contribution in [3.63, 3.8) is 0 Å². The SMILES string of the molecule is Cc1ccc(S(=O)(=O)N2CCC3(CC2)C2=C(N=NC2)NC2=C3C(=O)CC(C)(C)C2)cn1. The first-order valence-corrected chi connectivity index (χ1v) is 12.1. The van der Waals surface area contributed by atoms with Crippen LogP contribution >= 0.6 is 0 Å². The Labute approximate surface area is 182 Å². The van der Waals surface area contributed by atoms with Gasteiger partial charge in [-0.05, 0) is 43.7 Å². The molecular weight excluding hydrogens is 414 g/mol. The van der Waals surface area contributed by atoms with Gasteiger partial charge in [-0.1, -0.05) is 13.8 Å². The highest BCUT2D eigenvalue weighted by atomic mass is 32.2. The van der Waals surface area contributed by atoms with Gasteiger partial charge in [0.2, 0.25) is 10.0 Å². The van der Waals surface area contributed by atoms with Crippen molar-refractivity contribution in [1.82, 2.24) is 14.6 Å². The average Bonchev–Trinajstić information content (AvgIpc) is 3.16. The normalized spacial score (nSPS) is 24.9. The number of ketones is 1. The quantitative estimate of drug-likeness (QED) is 0.759. The Morgan fingerprint density at radius 1 is 1.13 bits per heavy atom. The van der Waals surface area contributed by atoms with Crippen LogP contribution in [0.5, 0.6) is 0 Å². The van der Waals surface area contributed by atoms with Crippen LogP contribution in [0.2, 0.25) is 0 Å². The third-order valence-electron chi connectivity index (χ3n) is 6.98. The van der Waals surface area contributed by atoms with E-state index in [4.69, 9.17) is 0 Å². The maximum atomic E-state index is 13.3. The number of fused-ring (bicyclic) bond motifs is 2. The summed E-state index contributed by atoms with van der Waals surface area (Å²) in [7, 11) is -3.63. The number of sulfonamides is 1. The maximum Gasteiger partial charge on any atom is 0.244 e. The monoisotopic (exact) mass is 441 g/mol. The third-order valence-corrected chi connectivity index (χ3v) is 8.87. The van der Waals surface area contributed by atoms with E-state index < -0.39 is 15.4 Å². The molecule has 1 spiro atoms. The minimum atomic E-state index is -3.63. The molecule has 5 rings (SSSR count). The van der Waals surface area contributed by atoms with E-state index >= 15 is 0 Å². The Morgan fingerprint density at radius 3 is 2.55 bits per heavy atom. The number of pyridine rings is 1. The lowest BCUT2D eigenvalue weighted by Crippen LogP contribution is -2.50. The Morgan fingerprint density at radius 2 is 1.87 bits per heavy atom. The van der Waals surface area contributed by atoms with Crippen molar-refractivity contribution in [2.24, 2.45) is 21.1 Å². The fraction of sp³-hybridized carbons (Fsp3) is 0.545. The van der Waals surface area contributed by atoms with Crippen LogP contribution in [0.3, 0.4) is 0 Å². The minimum absolute atomic E-state index is 0.111. The van der Waals surface area contributed by atoms with E-state index in [0.29, 0.717) is 38.9 Å². The number of aryl methyl sites for hydroxylation is 1. The summed E-state index contributed by atoms with van der Waals surface area (Å²) in [4.78, 5) is 17.7. The third kappa shape index (κ3) is 3.17. The van der Waals surface area contributed by atoms with Crippen molar-refractivity contribution in [1.29, 1.82) is 0 Å². The van der Waals surface area contributed by atoms with Crippen LogP contribution in [-0.2, 0) is 14.8 Å². The van der Waals surface area contributed by atoms with E-state index in [1.165, 1.54) is 10.5 Å². The molecule has 164 valence electrons. The van der Waals surface area contributed by atoms with Crippen molar-refractivity contribution in [2.75, 3.05) is 19.6 Å². The smallest absolute Gasteiger partial charge is 0.244 e. The van der Waals surface area contributed by atoms with E-state index in [1.54, 1.807) is 12.1 Å². The van der Waals surface area contributed by atoms with Crippen molar-refractivity contribution in [2.45, 2.75) is 51.3 Å². The predicted octanol–water partition coefficient (Wildman–Crippen LogP) is 3.08. The highest BCUT2D eigenvalue weighted by molar-refractivity contribution is 7.89. The van der Waals surface area contributed by atoms with Gasteiger partial charge < -0.3 is 5.32 Å². The summed E-state index contributed by atoms with van der Waals surface area (Å²) in [6.45, 7) is 7.20. The summed E-state index contributed by atoms with van der Waals surface area (Å²) in [5.41, 5.74) is 3.00. The molecule has 1 saturated heterocycles. The summed E-state index contributed by atoms with van der Waals surface area (Å²) in [6.07, 6.45) is 3.81. The van der Waals surface area contributed by atoms with Gasteiger partial charge in [0.05, 0.1) is 6.54 Å². The standard InChI is InChI=1S/C22H27N5O3S/c1-14-4-5-15(12-23-14)31(29,30)27-8-6-22(7-9-27)16-13-24-26-20(16)25-17-10-21(2,3)11-18(28)19(17)22/h4-5,12,25H,6-11,13H2,1-3H3. The van der Waals surface area contributed by atoms with Gasteiger partial charge in [0.15, 0.2) is 11.6 Å². The van der Waals surface area contributed by atoms with E-state index in [-0.39, 0.29) is 16.1 Å². The summed E-state index contributed by atoms with van der Waals surface area (Å²) in [5.74, 6) is 0.916. The van der Waals surface area contributed by atoms with Crippen LogP contribution in [0.15, 0.2) is 56.1 Å². The molecule has 4 aliphatic rings. The molecule has 1 N–H and O–H groups in total. The molecule has 9 heteroatoms. The van der Waals surface area contributed by atoms with E-state index in [1.807, 2.05) is 6.92 Å². The molecule has 0 amide bonds. The fourth-order valence-corrected chi connectivity index (χ4v) is 6.87. The molecule has 0 aromatic carbocycles. The Balaban J connectivity index is 1.49. The van der Waals surface area contributed by atoms with E-state index in [9.17, 15) is 13.2 Å². The zero-order chi connectivity index (χ0) is 22.0. The number of rotatable bonds is 2. The van der Waals surface area contributed by atoms with Gasteiger partial charge in [0.1, 0.15) is 4.90 Å². The molecule has 4 heterocycles. The van der Waals surface area contributed by atoms with Gasteiger partial charge in [-0.2, -0.15) is 9.42 Å². The van der Waals surface area contributed by atoms with Crippen molar-refractivity contribution < 1.29 is 13.2 Å². The number of piperidine rings is 1. The van der Waals surface area contributed by atoms with E-state index in [0.717, 1.165) is 34.8 Å². The zero-order valence-electron chi connectivity index (χ0n) is 18.1. The zero-order valence-corrected chi connectivity index (χ0v) is 18.9. The molecule has 8 nitrogen and oxygen atoms in total. The molecule has 0 radical (unpaired) electrons. The van der Waals surface area contributed by atoms with Crippen LogP contribution in [-0.4, -0.2) is 43.1 Å². The van der Waals surface area contributed by atoms with Crippen LogP contribution < -0.4 is 5.32 Å². The molecule has 0 bridgehead atoms. The molecule has 31 heavy (non-hydrogen) atoms. The van der Waals surface area contributed by atoms with Crippen LogP contribution in [0.1, 0.15) is 45.2 Å². The van der Waals surface area contributed by atoms with Gasteiger partial charge in [0, 0.05) is 53.7 Å². The number of hydrogen-bond acceptors (Lipinski definition) is 7. The Hall–Kier alpha value is -2.39. The molecule has 3 aliphatic heterocycles. The first-order chi connectivity index (χ1) is 14.6. The summed E-state index contributed by atoms with van der Waals surface area (Å²) in [5, 5.41) is 11.9. The molecule has 1 aromatic rings. The second kappa shape index (κ2) is 6.80. The van der Waals surface area contributed by atoms with E-state index in [2.05, 4.69) is 34.4 Å². The van der Waals surface area contributed by atoms with Gasteiger partial charge >= 0.3 is 0 Å². The van der Waals surface area contributed by atoms with Crippen molar-refractivity contribution in [3.8, 4) is 0 Å². The summed E-state index contributed by atoms with van der Waals surface area (Å²) in [6, 6.07) is 3.32. The molecule has 0 saturated carbocycles. The second-order valence-electron chi connectivity index (χ2n) is 9.77.